The molecular weight excluding hydrogens is 420 g/mol. The van der Waals surface area contributed by atoms with Gasteiger partial charge in [0.05, 0.1) is 9.79 Å². The monoisotopic (exact) mass is 450 g/mol. The zero-order valence-electron chi connectivity index (χ0n) is 17.8. The Hall–Kier alpha value is -1.74. The van der Waals surface area contributed by atoms with Gasteiger partial charge in [0.1, 0.15) is 0 Å². The minimum Gasteiger partial charge on any atom is -0.207 e. The van der Waals surface area contributed by atoms with Crippen LogP contribution in [0.15, 0.2) is 58.3 Å². The average molecular weight is 451 g/mol. The molecule has 2 aromatic carbocycles. The molecule has 30 heavy (non-hydrogen) atoms. The van der Waals surface area contributed by atoms with Gasteiger partial charge >= 0.3 is 0 Å². The maximum atomic E-state index is 12.9. The molecule has 0 heterocycles. The lowest BCUT2D eigenvalue weighted by atomic mass is 9.77. The number of aryl methyl sites for hydroxylation is 2. The highest BCUT2D eigenvalue weighted by atomic mass is 32.2. The molecule has 2 aromatic rings. The molecule has 1 fully saturated rings. The maximum Gasteiger partial charge on any atom is 0.240 e. The van der Waals surface area contributed by atoms with Crippen LogP contribution >= 0.6 is 0 Å². The standard InChI is InChI=1S/C22H30N2O4S2/c1-15-5-9-19(10-6-15)29(25,26)23-21-13-17(3)18(4)14-22(21)24-30(27,28)20-11-7-16(2)8-12-20/h5-12,17-18,21-24H,13-14H2,1-4H3/t17-,18-,21-,22-/m1/s1. The summed E-state index contributed by atoms with van der Waals surface area (Å²) in [6.07, 6.45) is 1.13. The smallest absolute Gasteiger partial charge is 0.207 e. The van der Waals surface area contributed by atoms with Gasteiger partial charge in [0, 0.05) is 12.1 Å². The van der Waals surface area contributed by atoms with E-state index in [1.165, 1.54) is 0 Å². The van der Waals surface area contributed by atoms with E-state index in [1.807, 2.05) is 13.8 Å². The SMILES string of the molecule is Cc1ccc(S(=O)(=O)N[C@@H]2C[C@@H](C)[C@H](C)C[C@H]2NS(=O)(=O)c2ccc(C)cc2)cc1. The van der Waals surface area contributed by atoms with Gasteiger partial charge < -0.3 is 0 Å². The highest BCUT2D eigenvalue weighted by Gasteiger charge is 2.37. The first-order valence-corrected chi connectivity index (χ1v) is 13.1. The Morgan fingerprint density at radius 3 is 1.23 bits per heavy atom. The van der Waals surface area contributed by atoms with Crippen molar-refractivity contribution in [3.63, 3.8) is 0 Å². The number of sulfonamides is 2. The van der Waals surface area contributed by atoms with Crippen molar-refractivity contribution in [1.29, 1.82) is 0 Å². The molecular formula is C22H30N2O4S2. The third-order valence-electron chi connectivity index (χ3n) is 5.98. The Balaban J connectivity index is 1.85. The summed E-state index contributed by atoms with van der Waals surface area (Å²) in [5.41, 5.74) is 1.94. The zero-order valence-corrected chi connectivity index (χ0v) is 19.4. The molecule has 4 atom stereocenters. The van der Waals surface area contributed by atoms with Gasteiger partial charge in [0.25, 0.3) is 0 Å². The minimum atomic E-state index is -3.76. The lowest BCUT2D eigenvalue weighted by Gasteiger charge is -2.39. The largest absolute Gasteiger partial charge is 0.240 e. The van der Waals surface area contributed by atoms with Crippen LogP contribution in [0.1, 0.15) is 37.8 Å². The van der Waals surface area contributed by atoms with Crippen molar-refractivity contribution < 1.29 is 16.8 Å². The van der Waals surface area contributed by atoms with Crippen LogP contribution in [0.25, 0.3) is 0 Å². The summed E-state index contributed by atoms with van der Waals surface area (Å²) < 4.78 is 57.2. The van der Waals surface area contributed by atoms with Gasteiger partial charge in [0.15, 0.2) is 0 Å². The molecule has 1 saturated carbocycles. The molecule has 3 rings (SSSR count). The van der Waals surface area contributed by atoms with Crippen molar-refractivity contribution >= 4 is 20.0 Å². The predicted molar refractivity (Wildman–Crippen MR) is 118 cm³/mol. The summed E-state index contributed by atoms with van der Waals surface area (Å²) >= 11 is 0. The lowest BCUT2D eigenvalue weighted by Crippen LogP contribution is -2.55. The van der Waals surface area contributed by atoms with E-state index in [0.717, 1.165) is 11.1 Å². The summed E-state index contributed by atoms with van der Waals surface area (Å²) in [5, 5.41) is 0. The molecule has 0 aromatic heterocycles. The summed E-state index contributed by atoms with van der Waals surface area (Å²) in [4.78, 5) is 0.360. The second-order valence-electron chi connectivity index (χ2n) is 8.51. The number of rotatable bonds is 6. The summed E-state index contributed by atoms with van der Waals surface area (Å²) in [7, 11) is -7.52. The van der Waals surface area contributed by atoms with Crippen molar-refractivity contribution in [2.45, 2.75) is 62.4 Å². The molecule has 2 N–H and O–H groups in total. The van der Waals surface area contributed by atoms with Crippen LogP contribution in [0.2, 0.25) is 0 Å². The molecule has 0 spiro atoms. The van der Waals surface area contributed by atoms with E-state index in [9.17, 15) is 16.8 Å². The summed E-state index contributed by atoms with van der Waals surface area (Å²) in [6, 6.07) is 12.2. The van der Waals surface area contributed by atoms with Crippen LogP contribution in [0.4, 0.5) is 0 Å². The Morgan fingerprint density at radius 1 is 0.633 bits per heavy atom. The summed E-state index contributed by atoms with van der Waals surface area (Å²) in [6.45, 7) is 7.93. The molecule has 8 heteroatoms. The quantitative estimate of drug-likeness (QED) is 0.706. The Morgan fingerprint density at radius 2 is 0.933 bits per heavy atom. The van der Waals surface area contributed by atoms with E-state index in [4.69, 9.17) is 0 Å². The molecule has 0 bridgehead atoms. The van der Waals surface area contributed by atoms with Gasteiger partial charge in [0.2, 0.25) is 20.0 Å². The molecule has 0 unspecified atom stereocenters. The highest BCUT2D eigenvalue weighted by Crippen LogP contribution is 2.31. The molecule has 0 amide bonds. The van der Waals surface area contributed by atoms with E-state index in [0.29, 0.717) is 12.8 Å². The van der Waals surface area contributed by atoms with Crippen LogP contribution in [-0.4, -0.2) is 28.9 Å². The molecule has 6 nitrogen and oxygen atoms in total. The molecule has 1 aliphatic carbocycles. The lowest BCUT2D eigenvalue weighted by molar-refractivity contribution is 0.205. The van der Waals surface area contributed by atoms with E-state index in [-0.39, 0.29) is 21.6 Å². The Bertz CT molecular complexity index is 989. The molecule has 1 aliphatic rings. The third-order valence-corrected chi connectivity index (χ3v) is 9.00. The minimum absolute atomic E-state index is 0.180. The number of hydrogen-bond acceptors (Lipinski definition) is 4. The average Bonchev–Trinajstić information content (AvgIpc) is 2.66. The Kier molecular flexibility index (Phi) is 6.72. The van der Waals surface area contributed by atoms with Crippen molar-refractivity contribution in [2.24, 2.45) is 11.8 Å². The van der Waals surface area contributed by atoms with Gasteiger partial charge in [-0.2, -0.15) is 0 Å². The van der Waals surface area contributed by atoms with E-state index >= 15 is 0 Å². The predicted octanol–water partition coefficient (Wildman–Crippen LogP) is 3.36. The topological polar surface area (TPSA) is 92.3 Å². The fraction of sp³-hybridized carbons (Fsp3) is 0.455. The fourth-order valence-corrected chi connectivity index (χ4v) is 6.40. The highest BCUT2D eigenvalue weighted by molar-refractivity contribution is 7.90. The summed E-state index contributed by atoms with van der Waals surface area (Å²) in [5.74, 6) is 0.548. The second kappa shape index (κ2) is 8.78. The molecule has 0 saturated heterocycles. The number of benzene rings is 2. The van der Waals surface area contributed by atoms with Gasteiger partial charge in [-0.05, 0) is 62.8 Å². The zero-order chi connectivity index (χ0) is 22.1. The number of hydrogen-bond donors (Lipinski definition) is 2. The van der Waals surface area contributed by atoms with E-state index in [1.54, 1.807) is 48.5 Å². The third kappa shape index (κ3) is 5.29. The van der Waals surface area contributed by atoms with E-state index < -0.39 is 32.1 Å². The van der Waals surface area contributed by atoms with Gasteiger partial charge in [-0.1, -0.05) is 49.2 Å². The van der Waals surface area contributed by atoms with Gasteiger partial charge in [-0.3, -0.25) is 0 Å². The van der Waals surface area contributed by atoms with Crippen LogP contribution in [0.5, 0.6) is 0 Å². The first kappa shape index (κ1) is 22.9. The van der Waals surface area contributed by atoms with Gasteiger partial charge in [-0.15, -0.1) is 0 Å². The number of nitrogens with one attached hydrogen (secondary N) is 2. The fourth-order valence-electron chi connectivity index (χ4n) is 3.82. The van der Waals surface area contributed by atoms with Crippen LogP contribution < -0.4 is 9.44 Å². The molecule has 0 aliphatic heterocycles. The normalized spacial score (nSPS) is 25.2. The van der Waals surface area contributed by atoms with Crippen molar-refractivity contribution in [3.8, 4) is 0 Å². The van der Waals surface area contributed by atoms with Crippen LogP contribution in [0, 0.1) is 25.7 Å². The molecule has 0 radical (unpaired) electrons. The van der Waals surface area contributed by atoms with E-state index in [2.05, 4.69) is 23.3 Å². The van der Waals surface area contributed by atoms with Crippen LogP contribution in [-0.2, 0) is 20.0 Å². The maximum absolute atomic E-state index is 12.9. The van der Waals surface area contributed by atoms with Crippen LogP contribution in [0.3, 0.4) is 0 Å². The Labute approximate surface area is 180 Å². The van der Waals surface area contributed by atoms with Crippen molar-refractivity contribution in [3.05, 3.63) is 59.7 Å². The van der Waals surface area contributed by atoms with Crippen molar-refractivity contribution in [1.82, 2.24) is 9.44 Å². The van der Waals surface area contributed by atoms with Gasteiger partial charge in [-0.25, -0.2) is 26.3 Å². The molecule has 164 valence electrons. The first-order valence-electron chi connectivity index (χ1n) is 10.2. The first-order chi connectivity index (χ1) is 14.0. The van der Waals surface area contributed by atoms with Crippen molar-refractivity contribution in [2.75, 3.05) is 0 Å². The second-order valence-corrected chi connectivity index (χ2v) is 11.9.